The molecule has 1 aromatic heterocycles. The molecule has 1 aliphatic rings. The number of rotatable bonds is 10. The lowest BCUT2D eigenvalue weighted by Gasteiger charge is -2.29. The Morgan fingerprint density at radius 3 is 2.63 bits per heavy atom. The third-order valence-electron chi connectivity index (χ3n) is 6.51. The van der Waals surface area contributed by atoms with Gasteiger partial charge in [0.15, 0.2) is 0 Å². The maximum Gasteiger partial charge on any atom is 0.126 e. The molecule has 1 aliphatic heterocycles. The lowest BCUT2D eigenvalue weighted by Crippen LogP contribution is -2.35. The van der Waals surface area contributed by atoms with Crippen molar-refractivity contribution in [2.45, 2.75) is 31.8 Å². The molecule has 0 spiro atoms. The van der Waals surface area contributed by atoms with Crippen LogP contribution in [0, 0.1) is 0 Å². The van der Waals surface area contributed by atoms with Crippen LogP contribution in [-0.4, -0.2) is 61.7 Å². The van der Waals surface area contributed by atoms with Crippen molar-refractivity contribution >= 4 is 22.2 Å². The maximum absolute atomic E-state index is 6.17. The largest absolute Gasteiger partial charge is 0.490 e. The lowest BCUT2D eigenvalue weighted by molar-refractivity contribution is 0.114. The Hall–Kier alpha value is -3.31. The molecule has 0 aliphatic carbocycles. The molecule has 5 heteroatoms. The quantitative estimate of drug-likeness (QED) is 0.286. The maximum atomic E-state index is 6.17. The van der Waals surface area contributed by atoms with Gasteiger partial charge in [-0.1, -0.05) is 36.9 Å². The molecule has 0 amide bonds. The highest BCUT2D eigenvalue weighted by molar-refractivity contribution is 5.88. The van der Waals surface area contributed by atoms with Crippen molar-refractivity contribution in [3.05, 3.63) is 84.7 Å². The minimum atomic E-state index is 0. The Kier molecular flexibility index (Phi) is 8.43. The molecular weight excluding hydrogens is 432 g/mol. The Morgan fingerprint density at radius 2 is 1.91 bits per heavy atom. The molecule has 0 atom stereocenters. The van der Waals surface area contributed by atoms with Crippen molar-refractivity contribution in [2.24, 2.45) is 0 Å². The van der Waals surface area contributed by atoms with E-state index in [1.807, 2.05) is 31.3 Å². The van der Waals surface area contributed by atoms with Gasteiger partial charge in [-0.05, 0) is 79.1 Å². The number of ether oxygens (including phenoxy) is 1. The lowest BCUT2D eigenvalue weighted by atomic mass is 10.0. The van der Waals surface area contributed by atoms with Gasteiger partial charge in [-0.3, -0.25) is 0 Å². The van der Waals surface area contributed by atoms with Crippen LogP contribution in [-0.2, 0) is 6.42 Å². The van der Waals surface area contributed by atoms with Gasteiger partial charge in [-0.25, -0.2) is 4.98 Å². The van der Waals surface area contributed by atoms with Crippen molar-refractivity contribution in [3.63, 3.8) is 0 Å². The van der Waals surface area contributed by atoms with Gasteiger partial charge in [-0.15, -0.1) is 0 Å². The predicted octanol–water partition coefficient (Wildman–Crippen LogP) is 6.09. The first kappa shape index (κ1) is 24.8. The van der Waals surface area contributed by atoms with Gasteiger partial charge < -0.3 is 19.9 Å². The average molecular weight is 473 g/mol. The zero-order chi connectivity index (χ0) is 24.6. The molecule has 186 valence electrons. The normalized spacial score (nSPS) is 15.2. The third-order valence-corrected chi connectivity index (χ3v) is 6.51. The highest BCUT2D eigenvalue weighted by Crippen LogP contribution is 2.24. The van der Waals surface area contributed by atoms with Crippen molar-refractivity contribution in [1.82, 2.24) is 14.8 Å². The van der Waals surface area contributed by atoms with Gasteiger partial charge >= 0.3 is 0 Å². The van der Waals surface area contributed by atoms with Crippen molar-refractivity contribution in [1.29, 1.82) is 0 Å². The van der Waals surface area contributed by atoms with Crippen molar-refractivity contribution < 1.29 is 6.16 Å². The molecule has 5 nitrogen and oxygen atoms in total. The fourth-order valence-corrected chi connectivity index (χ4v) is 4.48. The van der Waals surface area contributed by atoms with E-state index in [-0.39, 0.29) is 1.43 Å². The van der Waals surface area contributed by atoms with E-state index in [0.29, 0.717) is 6.10 Å². The van der Waals surface area contributed by atoms with Crippen LogP contribution in [0.15, 0.2) is 73.6 Å². The number of fused-ring (bicyclic) bond motifs is 1. The standard InChI is InChI=1S/C30H38N4O.H2/c1-5-24(22-33(2)3)25-10-11-26-21-32-30(20-27(26)19-25)31-16-6-7-23-8-12-28(13-9-23)35-29-14-17-34(4)18-15-29;/h5,8-13,19-22,29H,1,6-7,14-18H2,2-4H3,(H,31,32);1H/b24-22+;. The van der Waals surface area contributed by atoms with E-state index in [2.05, 4.69) is 83.6 Å². The van der Waals surface area contributed by atoms with Gasteiger partial charge in [0.25, 0.3) is 0 Å². The molecule has 1 N–H and O–H groups in total. The van der Waals surface area contributed by atoms with Crippen LogP contribution in [0.1, 0.15) is 31.8 Å². The van der Waals surface area contributed by atoms with Gasteiger partial charge in [0.1, 0.15) is 17.7 Å². The summed E-state index contributed by atoms with van der Waals surface area (Å²) in [6.45, 7) is 7.08. The molecule has 0 unspecified atom stereocenters. The number of anilines is 1. The number of piperidine rings is 1. The highest BCUT2D eigenvalue weighted by atomic mass is 16.5. The van der Waals surface area contributed by atoms with E-state index in [1.165, 1.54) is 10.9 Å². The number of nitrogens with zero attached hydrogens (tertiary/aromatic N) is 3. The van der Waals surface area contributed by atoms with Gasteiger partial charge in [0, 0.05) is 52.9 Å². The summed E-state index contributed by atoms with van der Waals surface area (Å²) in [5.74, 6) is 1.90. The number of hydrogen-bond donors (Lipinski definition) is 1. The molecule has 0 bridgehead atoms. The smallest absolute Gasteiger partial charge is 0.126 e. The fraction of sp³-hybridized carbons (Fsp3) is 0.367. The first-order chi connectivity index (χ1) is 17.0. The van der Waals surface area contributed by atoms with Crippen LogP contribution >= 0.6 is 0 Å². The van der Waals surface area contributed by atoms with Gasteiger partial charge in [0.2, 0.25) is 0 Å². The summed E-state index contributed by atoms with van der Waals surface area (Å²) < 4.78 is 6.17. The SMILES string of the molecule is C=C/C(=C\N(C)C)c1ccc2cnc(NCCCc3ccc(OC4CCN(C)CC4)cc3)cc2c1.[HH]. The second-order valence-electron chi connectivity index (χ2n) is 9.68. The summed E-state index contributed by atoms with van der Waals surface area (Å²) in [7, 11) is 6.22. The van der Waals surface area contributed by atoms with E-state index in [9.17, 15) is 0 Å². The number of likely N-dealkylation sites (tertiary alicyclic amines) is 1. The minimum absolute atomic E-state index is 0. The van der Waals surface area contributed by atoms with Crippen LogP contribution in [0.4, 0.5) is 5.82 Å². The van der Waals surface area contributed by atoms with Gasteiger partial charge in [0.05, 0.1) is 0 Å². The molecule has 0 radical (unpaired) electrons. The molecule has 3 aromatic rings. The molecule has 2 aromatic carbocycles. The Morgan fingerprint density at radius 1 is 1.14 bits per heavy atom. The minimum Gasteiger partial charge on any atom is -0.490 e. The van der Waals surface area contributed by atoms with Crippen LogP contribution in [0.5, 0.6) is 5.75 Å². The molecular formula is C30H40N4O. The molecule has 2 heterocycles. The van der Waals surface area contributed by atoms with E-state index < -0.39 is 0 Å². The summed E-state index contributed by atoms with van der Waals surface area (Å²) in [5.41, 5.74) is 3.59. The molecule has 1 saturated heterocycles. The number of hydrogen-bond acceptors (Lipinski definition) is 5. The van der Waals surface area contributed by atoms with E-state index >= 15 is 0 Å². The zero-order valence-electron chi connectivity index (χ0n) is 21.3. The second-order valence-corrected chi connectivity index (χ2v) is 9.68. The molecule has 4 rings (SSSR count). The topological polar surface area (TPSA) is 40.6 Å². The molecule has 0 saturated carbocycles. The molecule has 1 fully saturated rings. The Bertz CT molecular complexity index is 1150. The summed E-state index contributed by atoms with van der Waals surface area (Å²) >= 11 is 0. The van der Waals surface area contributed by atoms with Crippen molar-refractivity contribution in [2.75, 3.05) is 46.1 Å². The van der Waals surface area contributed by atoms with Crippen LogP contribution in [0.2, 0.25) is 0 Å². The van der Waals surface area contributed by atoms with Crippen LogP contribution < -0.4 is 10.1 Å². The van der Waals surface area contributed by atoms with E-state index in [1.54, 1.807) is 0 Å². The highest BCUT2D eigenvalue weighted by Gasteiger charge is 2.17. The summed E-state index contributed by atoms with van der Waals surface area (Å²) in [5, 5.41) is 5.80. The Labute approximate surface area is 211 Å². The van der Waals surface area contributed by atoms with E-state index in [0.717, 1.165) is 73.4 Å². The summed E-state index contributed by atoms with van der Waals surface area (Å²) in [6, 6.07) is 17.2. The van der Waals surface area contributed by atoms with Crippen molar-refractivity contribution in [3.8, 4) is 5.75 Å². The number of nitrogens with one attached hydrogen (secondary N) is 1. The first-order valence-electron chi connectivity index (χ1n) is 12.6. The summed E-state index contributed by atoms with van der Waals surface area (Å²) in [4.78, 5) is 9.00. The van der Waals surface area contributed by atoms with Gasteiger partial charge in [-0.2, -0.15) is 0 Å². The number of allylic oxidation sites excluding steroid dienone is 2. The number of aryl methyl sites for hydroxylation is 1. The molecule has 35 heavy (non-hydrogen) atoms. The number of benzene rings is 2. The third kappa shape index (κ3) is 7.09. The zero-order valence-corrected chi connectivity index (χ0v) is 21.3. The first-order valence-corrected chi connectivity index (χ1v) is 12.6. The second kappa shape index (κ2) is 11.9. The van der Waals surface area contributed by atoms with Crippen LogP contribution in [0.25, 0.3) is 16.3 Å². The number of aromatic nitrogens is 1. The van der Waals surface area contributed by atoms with E-state index in [4.69, 9.17) is 4.74 Å². The monoisotopic (exact) mass is 472 g/mol. The summed E-state index contributed by atoms with van der Waals surface area (Å²) in [6.07, 6.45) is 10.6. The van der Waals surface area contributed by atoms with Crippen LogP contribution in [0.3, 0.4) is 0 Å². The number of pyridine rings is 1. The predicted molar refractivity (Wildman–Crippen MR) is 150 cm³/mol. The fourth-order valence-electron chi connectivity index (χ4n) is 4.48. The Balaban J connectivity index is 0.00000361. The average Bonchev–Trinajstić information content (AvgIpc) is 2.87.